The second-order valence-corrected chi connectivity index (χ2v) is 6.93. The molecule has 0 spiro atoms. The maximum absolute atomic E-state index is 12.1. The molecule has 0 aliphatic carbocycles. The molecule has 0 saturated heterocycles. The van der Waals surface area contributed by atoms with Gasteiger partial charge in [0.2, 0.25) is 11.1 Å². The lowest BCUT2D eigenvalue weighted by Gasteiger charge is -2.09. The van der Waals surface area contributed by atoms with Crippen LogP contribution in [0.15, 0.2) is 53.7 Å². The van der Waals surface area contributed by atoms with E-state index in [0.29, 0.717) is 23.1 Å². The predicted octanol–water partition coefficient (Wildman–Crippen LogP) is 2.78. The first-order valence-electron chi connectivity index (χ1n) is 8.23. The molecule has 3 aromatic rings. The van der Waals surface area contributed by atoms with Crippen molar-refractivity contribution in [1.82, 2.24) is 25.5 Å². The lowest BCUT2D eigenvalue weighted by atomic mass is 10.1. The lowest BCUT2D eigenvalue weighted by molar-refractivity contribution is -0.118. The number of para-hydroxylation sites is 1. The van der Waals surface area contributed by atoms with Crippen molar-refractivity contribution in [2.24, 2.45) is 0 Å². The number of benzene rings is 2. The molecule has 0 saturated carbocycles. The van der Waals surface area contributed by atoms with Crippen molar-refractivity contribution in [2.75, 3.05) is 19.4 Å². The SMILES string of the molecule is COc1ccccc1CCNC(=O)CSc1nnnn1-c1ccc(Cl)cc1. The number of nitrogens with one attached hydrogen (secondary N) is 1. The van der Waals surface area contributed by atoms with Gasteiger partial charge in [0.1, 0.15) is 5.75 Å². The third-order valence-corrected chi connectivity index (χ3v) is 4.92. The molecule has 2 aromatic carbocycles. The van der Waals surface area contributed by atoms with E-state index in [-0.39, 0.29) is 11.7 Å². The maximum atomic E-state index is 12.1. The van der Waals surface area contributed by atoms with Gasteiger partial charge in [-0.1, -0.05) is 41.6 Å². The summed E-state index contributed by atoms with van der Waals surface area (Å²) in [5.41, 5.74) is 1.84. The third-order valence-electron chi connectivity index (χ3n) is 3.75. The number of carbonyl (C=O) groups excluding carboxylic acids is 1. The average molecular weight is 404 g/mol. The van der Waals surface area contributed by atoms with E-state index >= 15 is 0 Å². The van der Waals surface area contributed by atoms with Crippen LogP contribution in [0, 0.1) is 0 Å². The summed E-state index contributed by atoms with van der Waals surface area (Å²) >= 11 is 7.17. The Hall–Kier alpha value is -2.58. The van der Waals surface area contributed by atoms with Gasteiger partial charge in [-0.15, -0.1) is 5.10 Å². The zero-order chi connectivity index (χ0) is 19.1. The number of hydrogen-bond donors (Lipinski definition) is 1. The molecule has 7 nitrogen and oxygen atoms in total. The highest BCUT2D eigenvalue weighted by Crippen LogP contribution is 2.20. The Morgan fingerprint density at radius 3 is 2.78 bits per heavy atom. The minimum absolute atomic E-state index is 0.0828. The van der Waals surface area contributed by atoms with Crippen molar-refractivity contribution in [3.8, 4) is 11.4 Å². The number of thioether (sulfide) groups is 1. The Kier molecular flexibility index (Phi) is 6.67. The van der Waals surface area contributed by atoms with Gasteiger partial charge in [-0.2, -0.15) is 4.68 Å². The highest BCUT2D eigenvalue weighted by molar-refractivity contribution is 7.99. The van der Waals surface area contributed by atoms with E-state index in [4.69, 9.17) is 16.3 Å². The van der Waals surface area contributed by atoms with Gasteiger partial charge in [-0.25, -0.2) is 0 Å². The summed E-state index contributed by atoms with van der Waals surface area (Å²) in [5, 5.41) is 15.7. The molecular weight excluding hydrogens is 386 g/mol. The topological polar surface area (TPSA) is 81.9 Å². The Morgan fingerprint density at radius 1 is 1.22 bits per heavy atom. The van der Waals surface area contributed by atoms with E-state index in [1.54, 1.807) is 23.9 Å². The summed E-state index contributed by atoms with van der Waals surface area (Å²) < 4.78 is 6.88. The van der Waals surface area contributed by atoms with Gasteiger partial charge in [0.25, 0.3) is 0 Å². The van der Waals surface area contributed by atoms with E-state index in [9.17, 15) is 4.79 Å². The Labute approximate surface area is 166 Å². The number of ether oxygens (including phenoxy) is 1. The second kappa shape index (κ2) is 9.38. The van der Waals surface area contributed by atoms with Crippen LogP contribution in [0.2, 0.25) is 5.02 Å². The average Bonchev–Trinajstić information content (AvgIpc) is 3.16. The van der Waals surface area contributed by atoms with Gasteiger partial charge < -0.3 is 10.1 Å². The quantitative estimate of drug-likeness (QED) is 0.582. The van der Waals surface area contributed by atoms with Gasteiger partial charge in [0.05, 0.1) is 18.6 Å². The zero-order valence-corrected chi connectivity index (χ0v) is 16.2. The van der Waals surface area contributed by atoms with Crippen LogP contribution in [0.1, 0.15) is 5.56 Å². The summed E-state index contributed by atoms with van der Waals surface area (Å²) in [6, 6.07) is 14.9. The van der Waals surface area contributed by atoms with Crippen LogP contribution in [0.4, 0.5) is 0 Å². The molecule has 140 valence electrons. The number of amides is 1. The first-order valence-corrected chi connectivity index (χ1v) is 9.59. The highest BCUT2D eigenvalue weighted by Gasteiger charge is 2.11. The zero-order valence-electron chi connectivity index (χ0n) is 14.6. The Balaban J connectivity index is 1.50. The van der Waals surface area contributed by atoms with Gasteiger partial charge in [-0.3, -0.25) is 4.79 Å². The van der Waals surface area contributed by atoms with Gasteiger partial charge in [-0.05, 0) is 52.7 Å². The van der Waals surface area contributed by atoms with Crippen LogP contribution >= 0.6 is 23.4 Å². The van der Waals surface area contributed by atoms with Crippen LogP contribution in [0.3, 0.4) is 0 Å². The predicted molar refractivity (Wildman–Crippen MR) is 105 cm³/mol. The normalized spacial score (nSPS) is 10.6. The molecule has 1 N–H and O–H groups in total. The summed E-state index contributed by atoms with van der Waals surface area (Å²) in [5.74, 6) is 0.962. The molecule has 0 aliphatic rings. The molecule has 1 heterocycles. The van der Waals surface area contributed by atoms with E-state index in [1.165, 1.54) is 11.8 Å². The first-order chi connectivity index (χ1) is 13.2. The fourth-order valence-corrected chi connectivity index (χ4v) is 3.29. The summed E-state index contributed by atoms with van der Waals surface area (Å²) in [6.07, 6.45) is 0.697. The molecule has 9 heteroatoms. The van der Waals surface area contributed by atoms with Gasteiger partial charge >= 0.3 is 0 Å². The third kappa shape index (κ3) is 5.21. The van der Waals surface area contributed by atoms with E-state index in [0.717, 1.165) is 17.0 Å². The molecule has 0 bridgehead atoms. The van der Waals surface area contributed by atoms with E-state index in [2.05, 4.69) is 20.8 Å². The van der Waals surface area contributed by atoms with Crippen LogP contribution in [-0.4, -0.2) is 45.5 Å². The van der Waals surface area contributed by atoms with Crippen molar-refractivity contribution in [2.45, 2.75) is 11.6 Å². The molecule has 1 amide bonds. The van der Waals surface area contributed by atoms with Crippen LogP contribution in [0.25, 0.3) is 5.69 Å². The maximum Gasteiger partial charge on any atom is 0.230 e. The number of methoxy groups -OCH3 is 1. The lowest BCUT2D eigenvalue weighted by Crippen LogP contribution is -2.27. The summed E-state index contributed by atoms with van der Waals surface area (Å²) in [6.45, 7) is 0.530. The fourth-order valence-electron chi connectivity index (χ4n) is 2.44. The Morgan fingerprint density at radius 2 is 2.00 bits per heavy atom. The number of hydrogen-bond acceptors (Lipinski definition) is 6. The molecule has 0 aliphatic heterocycles. The number of halogens is 1. The first kappa shape index (κ1) is 19.2. The largest absolute Gasteiger partial charge is 0.496 e. The highest BCUT2D eigenvalue weighted by atomic mass is 35.5. The smallest absolute Gasteiger partial charge is 0.230 e. The fraction of sp³-hybridized carbons (Fsp3) is 0.222. The minimum atomic E-state index is -0.0828. The van der Waals surface area contributed by atoms with E-state index in [1.807, 2.05) is 36.4 Å². The molecule has 0 unspecified atom stereocenters. The molecule has 0 fully saturated rings. The number of aromatic nitrogens is 4. The van der Waals surface area contributed by atoms with E-state index < -0.39 is 0 Å². The summed E-state index contributed by atoms with van der Waals surface area (Å²) in [7, 11) is 1.64. The van der Waals surface area contributed by atoms with Crippen molar-refractivity contribution in [3.63, 3.8) is 0 Å². The van der Waals surface area contributed by atoms with Crippen LogP contribution in [-0.2, 0) is 11.2 Å². The van der Waals surface area contributed by atoms with Crippen molar-refractivity contribution in [1.29, 1.82) is 0 Å². The second-order valence-electron chi connectivity index (χ2n) is 5.55. The minimum Gasteiger partial charge on any atom is -0.496 e. The van der Waals surface area contributed by atoms with Crippen molar-refractivity contribution in [3.05, 3.63) is 59.1 Å². The molecule has 27 heavy (non-hydrogen) atoms. The number of tetrazole rings is 1. The van der Waals surface area contributed by atoms with Crippen LogP contribution < -0.4 is 10.1 Å². The molecular formula is C18H18ClN5O2S. The van der Waals surface area contributed by atoms with Gasteiger partial charge in [0, 0.05) is 11.6 Å². The monoisotopic (exact) mass is 403 g/mol. The molecule has 3 rings (SSSR count). The van der Waals surface area contributed by atoms with Crippen molar-refractivity contribution < 1.29 is 9.53 Å². The molecule has 1 aromatic heterocycles. The molecule has 0 atom stereocenters. The van der Waals surface area contributed by atoms with Gasteiger partial charge in [0.15, 0.2) is 0 Å². The number of nitrogens with zero attached hydrogens (tertiary/aromatic N) is 4. The Bertz CT molecular complexity index is 901. The molecule has 0 radical (unpaired) electrons. The standard InChI is InChI=1S/C18H18ClN5O2S/c1-26-16-5-3-2-4-13(16)10-11-20-17(25)12-27-18-21-22-23-24(18)15-8-6-14(19)7-9-15/h2-9H,10-12H2,1H3,(H,20,25). The summed E-state index contributed by atoms with van der Waals surface area (Å²) in [4.78, 5) is 12.1. The van der Waals surface area contributed by atoms with Crippen molar-refractivity contribution >= 4 is 29.3 Å². The number of rotatable bonds is 8. The van der Waals surface area contributed by atoms with Crippen LogP contribution in [0.5, 0.6) is 5.75 Å². The number of carbonyl (C=O) groups is 1.